The molecule has 0 bridgehead atoms. The van der Waals surface area contributed by atoms with Crippen molar-refractivity contribution in [3.8, 4) is 11.1 Å². The van der Waals surface area contributed by atoms with Gasteiger partial charge >= 0.3 is 5.97 Å². The van der Waals surface area contributed by atoms with Gasteiger partial charge in [0.05, 0.1) is 11.1 Å². The Balaban J connectivity index is 2.32. The Bertz CT molecular complexity index is 807. The SMILES string of the molecule is Cn1cc2c(C(=O)O)c(-c3ccc(Cl)cc3)ccc2n1. The van der Waals surface area contributed by atoms with E-state index in [-0.39, 0.29) is 5.56 Å². The number of fused-ring (bicyclic) bond motifs is 1. The van der Waals surface area contributed by atoms with Gasteiger partial charge in [-0.15, -0.1) is 0 Å². The maximum Gasteiger partial charge on any atom is 0.337 e. The molecular formula is C15H11ClN2O2. The summed E-state index contributed by atoms with van der Waals surface area (Å²) in [5.41, 5.74) is 2.41. The zero-order chi connectivity index (χ0) is 14.3. The Hall–Kier alpha value is -2.33. The van der Waals surface area contributed by atoms with Gasteiger partial charge in [0.2, 0.25) is 0 Å². The van der Waals surface area contributed by atoms with Crippen LogP contribution in [0.5, 0.6) is 0 Å². The maximum atomic E-state index is 11.6. The van der Waals surface area contributed by atoms with Crippen LogP contribution in [0.25, 0.3) is 22.0 Å². The van der Waals surface area contributed by atoms with Crippen LogP contribution in [-0.4, -0.2) is 20.9 Å². The van der Waals surface area contributed by atoms with Crippen LogP contribution >= 0.6 is 11.6 Å². The fourth-order valence-electron chi connectivity index (χ4n) is 2.31. The lowest BCUT2D eigenvalue weighted by Crippen LogP contribution is -2.00. The molecule has 0 saturated heterocycles. The third-order valence-corrected chi connectivity index (χ3v) is 3.42. The third-order valence-electron chi connectivity index (χ3n) is 3.17. The van der Waals surface area contributed by atoms with Crippen LogP contribution in [0.15, 0.2) is 42.6 Å². The number of benzene rings is 2. The van der Waals surface area contributed by atoms with Crippen LogP contribution in [0.4, 0.5) is 0 Å². The standard InChI is InChI=1S/C15H11ClN2O2/c1-18-8-12-13(17-18)7-6-11(14(12)15(19)20)9-2-4-10(16)5-3-9/h2-8H,1H3,(H,19,20). The molecule has 1 aromatic heterocycles. The van der Waals surface area contributed by atoms with E-state index in [1.54, 1.807) is 36.1 Å². The summed E-state index contributed by atoms with van der Waals surface area (Å²) in [5.74, 6) is -0.964. The zero-order valence-corrected chi connectivity index (χ0v) is 11.4. The number of aromatic nitrogens is 2. The van der Waals surface area contributed by atoms with Gasteiger partial charge in [-0.1, -0.05) is 29.8 Å². The van der Waals surface area contributed by atoms with Crippen LogP contribution < -0.4 is 0 Å². The zero-order valence-electron chi connectivity index (χ0n) is 10.7. The molecule has 0 aliphatic carbocycles. The topological polar surface area (TPSA) is 55.1 Å². The second kappa shape index (κ2) is 4.65. The fraction of sp³-hybridized carbons (Fsp3) is 0.0667. The van der Waals surface area contributed by atoms with E-state index in [1.165, 1.54) is 0 Å². The lowest BCUT2D eigenvalue weighted by Gasteiger charge is -2.07. The van der Waals surface area contributed by atoms with Gasteiger partial charge < -0.3 is 5.11 Å². The minimum atomic E-state index is -0.964. The summed E-state index contributed by atoms with van der Waals surface area (Å²) in [4.78, 5) is 11.6. The Kier molecular flexibility index (Phi) is 2.95. The van der Waals surface area contributed by atoms with Gasteiger partial charge in [-0.3, -0.25) is 4.68 Å². The number of hydrogen-bond donors (Lipinski definition) is 1. The highest BCUT2D eigenvalue weighted by molar-refractivity contribution is 6.30. The van der Waals surface area contributed by atoms with Gasteiger partial charge in [0.1, 0.15) is 0 Å². The number of nitrogens with zero attached hydrogens (tertiary/aromatic N) is 2. The normalized spacial score (nSPS) is 10.9. The van der Waals surface area contributed by atoms with Crippen molar-refractivity contribution in [3.63, 3.8) is 0 Å². The number of carboxylic acid groups (broad SMARTS) is 1. The molecule has 0 amide bonds. The van der Waals surface area contributed by atoms with E-state index in [2.05, 4.69) is 5.10 Å². The van der Waals surface area contributed by atoms with Crippen molar-refractivity contribution < 1.29 is 9.90 Å². The van der Waals surface area contributed by atoms with Crippen molar-refractivity contribution in [2.75, 3.05) is 0 Å². The number of aromatic carboxylic acids is 1. The molecule has 1 N–H and O–H groups in total. The van der Waals surface area contributed by atoms with Gasteiger partial charge in [0, 0.05) is 23.7 Å². The first-order valence-corrected chi connectivity index (χ1v) is 6.39. The summed E-state index contributed by atoms with van der Waals surface area (Å²) in [7, 11) is 1.77. The monoisotopic (exact) mass is 286 g/mol. The van der Waals surface area contributed by atoms with E-state index >= 15 is 0 Å². The molecule has 0 spiro atoms. The summed E-state index contributed by atoms with van der Waals surface area (Å²) in [6, 6.07) is 10.7. The largest absolute Gasteiger partial charge is 0.478 e. The summed E-state index contributed by atoms with van der Waals surface area (Å²) in [5, 5.41) is 15.0. The number of carbonyl (C=O) groups is 1. The predicted molar refractivity (Wildman–Crippen MR) is 78.1 cm³/mol. The van der Waals surface area contributed by atoms with Crippen LogP contribution in [0.3, 0.4) is 0 Å². The molecule has 2 aromatic carbocycles. The van der Waals surface area contributed by atoms with E-state index in [4.69, 9.17) is 11.6 Å². The van der Waals surface area contributed by atoms with Crippen LogP contribution in [0.2, 0.25) is 5.02 Å². The lowest BCUT2D eigenvalue weighted by atomic mass is 9.97. The molecule has 0 unspecified atom stereocenters. The Morgan fingerprint density at radius 3 is 2.55 bits per heavy atom. The van der Waals surface area contributed by atoms with Gasteiger partial charge in [0.15, 0.2) is 0 Å². The predicted octanol–water partition coefficient (Wildman–Crippen LogP) is 3.59. The number of aryl methyl sites for hydroxylation is 1. The summed E-state index contributed by atoms with van der Waals surface area (Å²) in [6.07, 6.45) is 1.72. The highest BCUT2D eigenvalue weighted by Crippen LogP contribution is 2.30. The molecular weight excluding hydrogens is 276 g/mol. The first-order valence-electron chi connectivity index (χ1n) is 6.02. The van der Waals surface area contributed by atoms with E-state index in [1.807, 2.05) is 18.2 Å². The van der Waals surface area contributed by atoms with E-state index in [0.717, 1.165) is 5.56 Å². The third kappa shape index (κ3) is 2.04. The molecule has 0 aliphatic rings. The first-order chi connectivity index (χ1) is 9.56. The Labute approximate surface area is 120 Å². The fourth-order valence-corrected chi connectivity index (χ4v) is 2.44. The molecule has 0 fully saturated rings. The number of hydrogen-bond acceptors (Lipinski definition) is 2. The number of carboxylic acids is 1. The summed E-state index contributed by atoms with van der Waals surface area (Å²) in [6.45, 7) is 0. The molecule has 0 aliphatic heterocycles. The molecule has 1 heterocycles. The smallest absolute Gasteiger partial charge is 0.337 e. The molecule has 0 atom stereocenters. The highest BCUT2D eigenvalue weighted by Gasteiger charge is 2.17. The van der Waals surface area contributed by atoms with Crippen molar-refractivity contribution in [2.45, 2.75) is 0 Å². The van der Waals surface area contributed by atoms with Gasteiger partial charge in [0.25, 0.3) is 0 Å². The minimum Gasteiger partial charge on any atom is -0.478 e. The van der Waals surface area contributed by atoms with Crippen molar-refractivity contribution in [1.29, 1.82) is 0 Å². The average molecular weight is 287 g/mol. The second-order valence-electron chi connectivity index (χ2n) is 4.54. The Morgan fingerprint density at radius 1 is 1.20 bits per heavy atom. The molecule has 0 radical (unpaired) electrons. The van der Waals surface area contributed by atoms with Crippen molar-refractivity contribution in [1.82, 2.24) is 9.78 Å². The molecule has 5 heteroatoms. The van der Waals surface area contributed by atoms with Gasteiger partial charge in [-0.2, -0.15) is 5.10 Å². The molecule has 4 nitrogen and oxygen atoms in total. The average Bonchev–Trinajstić information content (AvgIpc) is 2.78. The van der Waals surface area contributed by atoms with Crippen LogP contribution in [0, 0.1) is 0 Å². The Morgan fingerprint density at radius 2 is 1.90 bits per heavy atom. The molecule has 100 valence electrons. The van der Waals surface area contributed by atoms with Crippen molar-refractivity contribution in [2.24, 2.45) is 7.05 Å². The van der Waals surface area contributed by atoms with Crippen LogP contribution in [0.1, 0.15) is 10.4 Å². The lowest BCUT2D eigenvalue weighted by molar-refractivity contribution is 0.0700. The summed E-state index contributed by atoms with van der Waals surface area (Å²) < 4.78 is 1.61. The first kappa shape index (κ1) is 12.7. The molecule has 20 heavy (non-hydrogen) atoms. The summed E-state index contributed by atoms with van der Waals surface area (Å²) >= 11 is 5.87. The number of rotatable bonds is 2. The quantitative estimate of drug-likeness (QED) is 0.783. The second-order valence-corrected chi connectivity index (χ2v) is 4.97. The van der Waals surface area contributed by atoms with Crippen LogP contribution in [-0.2, 0) is 7.05 Å². The molecule has 3 aromatic rings. The highest BCUT2D eigenvalue weighted by atomic mass is 35.5. The van der Waals surface area contributed by atoms with Crippen molar-refractivity contribution in [3.05, 3.63) is 53.2 Å². The van der Waals surface area contributed by atoms with Gasteiger partial charge in [-0.25, -0.2) is 4.79 Å². The molecule has 3 rings (SSSR count). The van der Waals surface area contributed by atoms with Gasteiger partial charge in [-0.05, 0) is 29.3 Å². The maximum absolute atomic E-state index is 11.6. The number of halogens is 1. The van der Waals surface area contributed by atoms with E-state index in [0.29, 0.717) is 21.5 Å². The van der Waals surface area contributed by atoms with Crippen molar-refractivity contribution >= 4 is 28.5 Å². The minimum absolute atomic E-state index is 0.262. The van der Waals surface area contributed by atoms with E-state index < -0.39 is 5.97 Å². The molecule has 0 saturated carbocycles. The van der Waals surface area contributed by atoms with E-state index in [9.17, 15) is 9.90 Å².